The normalized spacial score (nSPS) is 22.6. The summed E-state index contributed by atoms with van der Waals surface area (Å²) in [7, 11) is 0. The van der Waals surface area contributed by atoms with Crippen LogP contribution in [0.1, 0.15) is 39.0 Å². The first kappa shape index (κ1) is 18.6. The van der Waals surface area contributed by atoms with Crippen LogP contribution >= 0.6 is 24.2 Å². The monoisotopic (exact) mass is 335 g/mol. The van der Waals surface area contributed by atoms with E-state index in [0.717, 1.165) is 12.8 Å². The van der Waals surface area contributed by atoms with Crippen LogP contribution in [0.25, 0.3) is 0 Å². The highest BCUT2D eigenvalue weighted by molar-refractivity contribution is 7.99. The van der Waals surface area contributed by atoms with Crippen LogP contribution in [0.2, 0.25) is 0 Å². The molecule has 0 radical (unpaired) electrons. The molecule has 0 aromatic rings. The number of carbonyl (C=O) groups excluding carboxylic acids is 2. The molecule has 2 atom stereocenters. The van der Waals surface area contributed by atoms with E-state index in [4.69, 9.17) is 5.73 Å². The van der Waals surface area contributed by atoms with Gasteiger partial charge in [0.2, 0.25) is 11.8 Å². The number of unbranched alkanes of at least 4 members (excludes halogenated alkanes) is 1. The van der Waals surface area contributed by atoms with E-state index in [1.54, 1.807) is 16.7 Å². The van der Waals surface area contributed by atoms with Crippen LogP contribution in [0.4, 0.5) is 0 Å². The molecule has 2 aliphatic rings. The Morgan fingerprint density at radius 1 is 1.43 bits per heavy atom. The van der Waals surface area contributed by atoms with Gasteiger partial charge in [0.05, 0.1) is 5.88 Å². The summed E-state index contributed by atoms with van der Waals surface area (Å²) in [6, 6.07) is -0.243. The first-order valence-corrected chi connectivity index (χ1v) is 8.69. The maximum atomic E-state index is 12.2. The second kappa shape index (κ2) is 8.86. The number of hydrogen-bond donors (Lipinski definition) is 2. The maximum absolute atomic E-state index is 12.2. The Balaban J connectivity index is 0.00000220. The SMILES string of the molecule is CCCCC(=O)N1CSCC1C(=O)NCC(N)C1CC1.Cl. The summed E-state index contributed by atoms with van der Waals surface area (Å²) < 4.78 is 0. The molecular formula is C14H26ClN3O2S. The lowest BCUT2D eigenvalue weighted by atomic mass is 10.2. The highest BCUT2D eigenvalue weighted by Crippen LogP contribution is 2.31. The number of rotatable bonds is 7. The van der Waals surface area contributed by atoms with Crippen molar-refractivity contribution in [3.63, 3.8) is 0 Å². The molecule has 7 heteroatoms. The van der Waals surface area contributed by atoms with E-state index >= 15 is 0 Å². The Labute approximate surface area is 137 Å². The number of nitrogens with two attached hydrogens (primary N) is 1. The predicted octanol–water partition coefficient (Wildman–Crippen LogP) is 1.35. The highest BCUT2D eigenvalue weighted by Gasteiger charge is 2.35. The molecular weight excluding hydrogens is 310 g/mol. The summed E-state index contributed by atoms with van der Waals surface area (Å²) in [6.07, 6.45) is 4.79. The number of thioether (sulfide) groups is 1. The third kappa shape index (κ3) is 5.34. The van der Waals surface area contributed by atoms with Gasteiger partial charge in [-0.1, -0.05) is 13.3 Å². The fourth-order valence-corrected chi connectivity index (χ4v) is 3.59. The fraction of sp³-hybridized carbons (Fsp3) is 0.857. The van der Waals surface area contributed by atoms with E-state index in [-0.39, 0.29) is 36.3 Å². The lowest BCUT2D eigenvalue weighted by Gasteiger charge is -2.23. The lowest BCUT2D eigenvalue weighted by Crippen LogP contribution is -2.49. The van der Waals surface area contributed by atoms with Crippen molar-refractivity contribution < 1.29 is 9.59 Å². The first-order valence-electron chi connectivity index (χ1n) is 7.54. The van der Waals surface area contributed by atoms with Crippen LogP contribution in [-0.2, 0) is 9.59 Å². The van der Waals surface area contributed by atoms with Crippen molar-refractivity contribution >= 4 is 36.0 Å². The zero-order valence-corrected chi connectivity index (χ0v) is 14.2. The summed E-state index contributed by atoms with van der Waals surface area (Å²) in [5.74, 6) is 1.97. The number of carbonyl (C=O) groups is 2. The molecule has 0 aromatic carbocycles. The summed E-state index contributed by atoms with van der Waals surface area (Å²) in [5.41, 5.74) is 5.99. The van der Waals surface area contributed by atoms with E-state index in [1.165, 1.54) is 12.8 Å². The van der Waals surface area contributed by atoms with Crippen molar-refractivity contribution in [2.75, 3.05) is 18.2 Å². The van der Waals surface area contributed by atoms with Gasteiger partial charge >= 0.3 is 0 Å². The van der Waals surface area contributed by atoms with Crippen molar-refractivity contribution in [2.24, 2.45) is 11.7 Å². The molecule has 5 nitrogen and oxygen atoms in total. The smallest absolute Gasteiger partial charge is 0.243 e. The van der Waals surface area contributed by atoms with Crippen LogP contribution in [-0.4, -0.2) is 47.0 Å². The molecule has 1 heterocycles. The Bertz CT molecular complexity index is 366. The van der Waals surface area contributed by atoms with E-state index < -0.39 is 0 Å². The van der Waals surface area contributed by atoms with Crippen LogP contribution in [0.5, 0.6) is 0 Å². The molecule has 2 fully saturated rings. The zero-order chi connectivity index (χ0) is 14.5. The molecule has 1 saturated carbocycles. The molecule has 0 aromatic heterocycles. The molecule has 1 saturated heterocycles. The van der Waals surface area contributed by atoms with Crippen LogP contribution in [0.3, 0.4) is 0 Å². The topological polar surface area (TPSA) is 75.4 Å². The van der Waals surface area contributed by atoms with E-state index in [2.05, 4.69) is 12.2 Å². The number of amides is 2. The fourth-order valence-electron chi connectivity index (χ4n) is 2.40. The minimum atomic E-state index is -0.309. The second-order valence-electron chi connectivity index (χ2n) is 5.73. The van der Waals surface area contributed by atoms with Crippen molar-refractivity contribution in [2.45, 2.75) is 51.1 Å². The number of halogens is 1. The van der Waals surface area contributed by atoms with Gasteiger partial charge < -0.3 is 16.0 Å². The summed E-state index contributed by atoms with van der Waals surface area (Å²) >= 11 is 1.65. The minimum Gasteiger partial charge on any atom is -0.353 e. The third-order valence-corrected chi connectivity index (χ3v) is 5.00. The molecule has 2 unspecified atom stereocenters. The van der Waals surface area contributed by atoms with Gasteiger partial charge in [-0.05, 0) is 25.2 Å². The van der Waals surface area contributed by atoms with Gasteiger partial charge in [0.15, 0.2) is 0 Å². The molecule has 21 heavy (non-hydrogen) atoms. The number of nitrogens with zero attached hydrogens (tertiary/aromatic N) is 1. The van der Waals surface area contributed by atoms with Crippen molar-refractivity contribution in [1.82, 2.24) is 10.2 Å². The molecule has 2 rings (SSSR count). The Morgan fingerprint density at radius 2 is 2.14 bits per heavy atom. The van der Waals surface area contributed by atoms with Gasteiger partial charge in [-0.2, -0.15) is 0 Å². The number of hydrogen-bond acceptors (Lipinski definition) is 4. The minimum absolute atomic E-state index is 0. The molecule has 1 aliphatic heterocycles. The molecule has 122 valence electrons. The van der Waals surface area contributed by atoms with Crippen molar-refractivity contribution in [3.05, 3.63) is 0 Å². The van der Waals surface area contributed by atoms with Crippen molar-refractivity contribution in [3.8, 4) is 0 Å². The maximum Gasteiger partial charge on any atom is 0.243 e. The standard InChI is InChI=1S/C14H25N3O2S.ClH/c1-2-3-4-13(18)17-9-20-8-12(17)14(19)16-7-11(15)10-5-6-10;/h10-12H,2-9,15H2,1H3,(H,16,19);1H. The Hall–Kier alpha value is -0.460. The van der Waals surface area contributed by atoms with Crippen LogP contribution in [0, 0.1) is 5.92 Å². The van der Waals surface area contributed by atoms with Gasteiger partial charge in [0.25, 0.3) is 0 Å². The quantitative estimate of drug-likeness (QED) is 0.736. The molecule has 1 aliphatic carbocycles. The Morgan fingerprint density at radius 3 is 2.76 bits per heavy atom. The van der Waals surface area contributed by atoms with Crippen LogP contribution in [0.15, 0.2) is 0 Å². The zero-order valence-electron chi connectivity index (χ0n) is 12.5. The van der Waals surface area contributed by atoms with Crippen LogP contribution < -0.4 is 11.1 Å². The lowest BCUT2D eigenvalue weighted by molar-refractivity contribution is -0.138. The summed E-state index contributed by atoms with van der Waals surface area (Å²) in [5, 5.41) is 2.92. The summed E-state index contributed by atoms with van der Waals surface area (Å²) in [6.45, 7) is 2.59. The predicted molar refractivity (Wildman–Crippen MR) is 88.4 cm³/mol. The average molecular weight is 336 g/mol. The van der Waals surface area contributed by atoms with E-state index in [0.29, 0.717) is 30.5 Å². The van der Waals surface area contributed by atoms with E-state index in [9.17, 15) is 9.59 Å². The van der Waals surface area contributed by atoms with Gasteiger partial charge in [-0.3, -0.25) is 9.59 Å². The number of nitrogens with one attached hydrogen (secondary N) is 1. The molecule has 2 amide bonds. The largest absolute Gasteiger partial charge is 0.353 e. The van der Waals surface area contributed by atoms with Gasteiger partial charge in [-0.15, -0.1) is 24.2 Å². The molecule has 3 N–H and O–H groups in total. The van der Waals surface area contributed by atoms with Gasteiger partial charge in [0.1, 0.15) is 6.04 Å². The molecule has 0 bridgehead atoms. The van der Waals surface area contributed by atoms with Gasteiger partial charge in [-0.25, -0.2) is 0 Å². The summed E-state index contributed by atoms with van der Waals surface area (Å²) in [4.78, 5) is 26.0. The van der Waals surface area contributed by atoms with Crippen molar-refractivity contribution in [1.29, 1.82) is 0 Å². The average Bonchev–Trinajstić information content (AvgIpc) is 3.18. The molecule has 0 spiro atoms. The first-order chi connectivity index (χ1) is 9.63. The van der Waals surface area contributed by atoms with E-state index in [1.807, 2.05) is 0 Å². The highest BCUT2D eigenvalue weighted by atomic mass is 35.5. The third-order valence-electron chi connectivity index (χ3n) is 3.99. The van der Waals surface area contributed by atoms with Gasteiger partial charge in [0, 0.05) is 24.8 Å². The Kier molecular flexibility index (Phi) is 7.84. The second-order valence-corrected chi connectivity index (χ2v) is 6.73.